The van der Waals surface area contributed by atoms with Gasteiger partial charge in [0.2, 0.25) is 0 Å². The van der Waals surface area contributed by atoms with Crippen LogP contribution in [0.1, 0.15) is 29.8 Å². The number of para-hydroxylation sites is 1. The van der Waals surface area contributed by atoms with Crippen LogP contribution >= 0.6 is 0 Å². The number of nitrogens with zero attached hydrogens (tertiary/aromatic N) is 2. The van der Waals surface area contributed by atoms with Gasteiger partial charge in [0.25, 0.3) is 5.91 Å². The standard InChI is InChI=1S/C19H22N4O/c1-3-23(4-2)12-13-7-5-8-14(11-13)19-21-16-10-6-9-15(18(20)24)17(16)22-19/h5-11H,3-4,12H2,1-2H3,(H2,20,24)(H,21,22). The molecule has 1 heterocycles. The number of hydrogen-bond acceptors (Lipinski definition) is 3. The summed E-state index contributed by atoms with van der Waals surface area (Å²) in [7, 11) is 0. The highest BCUT2D eigenvalue weighted by molar-refractivity contribution is 6.04. The summed E-state index contributed by atoms with van der Waals surface area (Å²) in [5.74, 6) is 0.286. The molecule has 3 N–H and O–H groups in total. The Morgan fingerprint density at radius 2 is 1.92 bits per heavy atom. The maximum Gasteiger partial charge on any atom is 0.250 e. The van der Waals surface area contributed by atoms with Crippen molar-refractivity contribution in [2.45, 2.75) is 20.4 Å². The van der Waals surface area contributed by atoms with E-state index in [1.54, 1.807) is 12.1 Å². The van der Waals surface area contributed by atoms with Crippen molar-refractivity contribution in [1.29, 1.82) is 0 Å². The van der Waals surface area contributed by atoms with Gasteiger partial charge < -0.3 is 10.7 Å². The minimum Gasteiger partial charge on any atom is -0.366 e. The molecule has 0 unspecified atom stereocenters. The van der Waals surface area contributed by atoms with Gasteiger partial charge in [0.1, 0.15) is 11.3 Å². The Morgan fingerprint density at radius 1 is 1.17 bits per heavy atom. The smallest absolute Gasteiger partial charge is 0.250 e. The van der Waals surface area contributed by atoms with Gasteiger partial charge in [0.15, 0.2) is 0 Å². The molecule has 0 spiro atoms. The van der Waals surface area contributed by atoms with E-state index >= 15 is 0 Å². The third-order valence-electron chi connectivity index (χ3n) is 4.28. The van der Waals surface area contributed by atoms with Crippen molar-refractivity contribution >= 4 is 16.9 Å². The molecule has 0 saturated carbocycles. The molecule has 0 aliphatic heterocycles. The number of primary amides is 1. The largest absolute Gasteiger partial charge is 0.366 e. The fourth-order valence-corrected chi connectivity index (χ4v) is 2.89. The van der Waals surface area contributed by atoms with Crippen molar-refractivity contribution in [2.24, 2.45) is 5.73 Å². The first kappa shape index (κ1) is 16.2. The van der Waals surface area contributed by atoms with Crippen LogP contribution in [-0.4, -0.2) is 33.9 Å². The summed E-state index contributed by atoms with van der Waals surface area (Å²) in [6, 6.07) is 13.7. The number of carbonyl (C=O) groups excluding carboxylic acids is 1. The molecule has 0 radical (unpaired) electrons. The lowest BCUT2D eigenvalue weighted by Gasteiger charge is -2.18. The maximum absolute atomic E-state index is 11.6. The molecule has 1 amide bonds. The second-order valence-corrected chi connectivity index (χ2v) is 5.81. The van der Waals surface area contributed by atoms with E-state index in [0.717, 1.165) is 36.5 Å². The number of aromatic nitrogens is 2. The summed E-state index contributed by atoms with van der Waals surface area (Å²) < 4.78 is 0. The van der Waals surface area contributed by atoms with E-state index in [9.17, 15) is 4.79 Å². The molecule has 0 fully saturated rings. The topological polar surface area (TPSA) is 75.0 Å². The zero-order valence-electron chi connectivity index (χ0n) is 14.0. The monoisotopic (exact) mass is 322 g/mol. The third kappa shape index (κ3) is 3.16. The maximum atomic E-state index is 11.6. The molecule has 3 aromatic rings. The van der Waals surface area contributed by atoms with E-state index in [1.165, 1.54) is 5.56 Å². The summed E-state index contributed by atoms with van der Waals surface area (Å²) >= 11 is 0. The van der Waals surface area contributed by atoms with E-state index in [2.05, 4.69) is 40.8 Å². The Hall–Kier alpha value is -2.66. The van der Waals surface area contributed by atoms with Crippen LogP contribution in [0.5, 0.6) is 0 Å². The number of benzene rings is 2. The highest BCUT2D eigenvalue weighted by Crippen LogP contribution is 2.23. The van der Waals surface area contributed by atoms with Crippen LogP contribution in [0.2, 0.25) is 0 Å². The molecule has 0 saturated heterocycles. The predicted octanol–water partition coefficient (Wildman–Crippen LogP) is 3.17. The van der Waals surface area contributed by atoms with Gasteiger partial charge >= 0.3 is 0 Å². The number of H-pyrrole nitrogens is 1. The second kappa shape index (κ2) is 6.84. The van der Waals surface area contributed by atoms with Gasteiger partial charge in [-0.25, -0.2) is 4.98 Å². The lowest BCUT2D eigenvalue weighted by molar-refractivity contribution is 0.100. The molecule has 5 nitrogen and oxygen atoms in total. The third-order valence-corrected chi connectivity index (χ3v) is 4.28. The number of carbonyl (C=O) groups is 1. The highest BCUT2D eigenvalue weighted by Gasteiger charge is 2.12. The Morgan fingerprint density at radius 3 is 2.62 bits per heavy atom. The second-order valence-electron chi connectivity index (χ2n) is 5.81. The summed E-state index contributed by atoms with van der Waals surface area (Å²) in [6.07, 6.45) is 0. The van der Waals surface area contributed by atoms with Crippen molar-refractivity contribution in [3.8, 4) is 11.4 Å². The van der Waals surface area contributed by atoms with Gasteiger partial charge in [-0.15, -0.1) is 0 Å². The summed E-state index contributed by atoms with van der Waals surface area (Å²) in [4.78, 5) is 21.8. The molecule has 2 aromatic carbocycles. The number of fused-ring (bicyclic) bond motifs is 1. The first-order chi connectivity index (χ1) is 11.6. The van der Waals surface area contributed by atoms with Crippen LogP contribution in [0, 0.1) is 0 Å². The number of rotatable bonds is 6. The van der Waals surface area contributed by atoms with Gasteiger partial charge in [0, 0.05) is 12.1 Å². The van der Waals surface area contributed by atoms with Gasteiger partial charge in [0.05, 0.1) is 11.1 Å². The molecule has 124 valence electrons. The van der Waals surface area contributed by atoms with E-state index in [0.29, 0.717) is 11.1 Å². The van der Waals surface area contributed by atoms with Crippen LogP contribution in [0.15, 0.2) is 42.5 Å². The summed E-state index contributed by atoms with van der Waals surface area (Å²) in [5, 5.41) is 0. The Bertz CT molecular complexity index is 865. The minimum atomic E-state index is -0.464. The molecular formula is C19H22N4O. The van der Waals surface area contributed by atoms with Crippen molar-refractivity contribution in [3.05, 3.63) is 53.6 Å². The average molecular weight is 322 g/mol. The number of hydrogen-bond donors (Lipinski definition) is 2. The normalized spacial score (nSPS) is 11.3. The molecule has 0 bridgehead atoms. The van der Waals surface area contributed by atoms with Crippen molar-refractivity contribution < 1.29 is 4.79 Å². The van der Waals surface area contributed by atoms with Crippen molar-refractivity contribution in [3.63, 3.8) is 0 Å². The van der Waals surface area contributed by atoms with Crippen molar-refractivity contribution in [2.75, 3.05) is 13.1 Å². The van der Waals surface area contributed by atoms with Crippen LogP contribution in [0.25, 0.3) is 22.4 Å². The van der Waals surface area contributed by atoms with Gasteiger partial charge in [-0.05, 0) is 36.9 Å². The number of nitrogens with one attached hydrogen (secondary N) is 1. The molecule has 5 heteroatoms. The molecule has 1 aromatic heterocycles. The van der Waals surface area contributed by atoms with Crippen LogP contribution < -0.4 is 5.73 Å². The minimum absolute atomic E-state index is 0.439. The summed E-state index contributed by atoms with van der Waals surface area (Å²) in [5.41, 5.74) is 9.56. The van der Waals surface area contributed by atoms with E-state index < -0.39 is 5.91 Å². The molecule has 24 heavy (non-hydrogen) atoms. The van der Waals surface area contributed by atoms with E-state index in [4.69, 9.17) is 5.73 Å². The molecule has 0 aliphatic rings. The van der Waals surface area contributed by atoms with E-state index in [1.807, 2.05) is 18.2 Å². The molecular weight excluding hydrogens is 300 g/mol. The lowest BCUT2D eigenvalue weighted by atomic mass is 10.1. The SMILES string of the molecule is CCN(CC)Cc1cccc(-c2nc3c(C(N)=O)cccc3[nH]2)c1. The Labute approximate surface area is 141 Å². The first-order valence-electron chi connectivity index (χ1n) is 8.22. The number of nitrogens with two attached hydrogens (primary N) is 1. The zero-order valence-corrected chi connectivity index (χ0v) is 14.0. The van der Waals surface area contributed by atoms with Crippen LogP contribution in [-0.2, 0) is 6.54 Å². The van der Waals surface area contributed by atoms with Crippen molar-refractivity contribution in [1.82, 2.24) is 14.9 Å². The van der Waals surface area contributed by atoms with Gasteiger partial charge in [-0.2, -0.15) is 0 Å². The number of imidazole rings is 1. The quantitative estimate of drug-likeness (QED) is 0.732. The van der Waals surface area contributed by atoms with E-state index in [-0.39, 0.29) is 0 Å². The zero-order chi connectivity index (χ0) is 17.1. The van der Waals surface area contributed by atoms with Crippen LogP contribution in [0.3, 0.4) is 0 Å². The Balaban J connectivity index is 1.99. The first-order valence-corrected chi connectivity index (χ1v) is 8.22. The van der Waals surface area contributed by atoms with Gasteiger partial charge in [-0.3, -0.25) is 9.69 Å². The fraction of sp³-hybridized carbons (Fsp3) is 0.263. The van der Waals surface area contributed by atoms with Crippen LogP contribution in [0.4, 0.5) is 0 Å². The number of amides is 1. The summed E-state index contributed by atoms with van der Waals surface area (Å²) in [6.45, 7) is 7.28. The lowest BCUT2D eigenvalue weighted by Crippen LogP contribution is -2.22. The van der Waals surface area contributed by atoms with Gasteiger partial charge in [-0.1, -0.05) is 38.1 Å². The Kier molecular flexibility index (Phi) is 4.62. The fourth-order valence-electron chi connectivity index (χ4n) is 2.89. The average Bonchev–Trinajstić information content (AvgIpc) is 3.04. The number of aromatic amines is 1. The molecule has 0 atom stereocenters. The predicted molar refractivity (Wildman–Crippen MR) is 96.7 cm³/mol. The molecule has 0 aliphatic carbocycles. The molecule has 3 rings (SSSR count). The highest BCUT2D eigenvalue weighted by atomic mass is 16.1.